The Balaban J connectivity index is 1.93. The van der Waals surface area contributed by atoms with Crippen molar-refractivity contribution in [1.82, 2.24) is 0 Å². The van der Waals surface area contributed by atoms with Gasteiger partial charge in [-0.25, -0.2) is 0 Å². The molecule has 0 bridgehead atoms. The fourth-order valence-electron chi connectivity index (χ4n) is 2.67. The van der Waals surface area contributed by atoms with E-state index >= 15 is 0 Å². The number of rotatable bonds is 10. The number of anilines is 1. The fraction of sp³-hybridized carbons (Fsp3) is 0.364. The molecular weight excluding hydrogens is 342 g/mol. The lowest BCUT2D eigenvalue weighted by molar-refractivity contribution is 0.775. The average Bonchev–Trinajstić information content (AvgIpc) is 2.67. The second-order valence-corrected chi connectivity index (χ2v) is 8.21. The zero-order chi connectivity index (χ0) is 18.1. The molecule has 2 aromatic rings. The molecular formula is C22H29NS2. The van der Waals surface area contributed by atoms with Crippen LogP contribution in [0.3, 0.4) is 0 Å². The van der Waals surface area contributed by atoms with Crippen molar-refractivity contribution >= 4 is 29.4 Å². The van der Waals surface area contributed by atoms with Crippen LogP contribution in [0.4, 0.5) is 5.69 Å². The molecule has 0 spiro atoms. The second-order valence-electron chi connectivity index (χ2n) is 6.13. The van der Waals surface area contributed by atoms with Crippen LogP contribution in [-0.2, 0) is 0 Å². The van der Waals surface area contributed by atoms with Crippen LogP contribution in [0.2, 0.25) is 0 Å². The van der Waals surface area contributed by atoms with Crippen molar-refractivity contribution in [3.63, 3.8) is 0 Å². The van der Waals surface area contributed by atoms with E-state index in [0.29, 0.717) is 0 Å². The van der Waals surface area contributed by atoms with Crippen LogP contribution >= 0.6 is 23.7 Å². The summed E-state index contributed by atoms with van der Waals surface area (Å²) in [5.74, 6) is 1.18. The Labute approximate surface area is 162 Å². The number of nitrogens with zero attached hydrogens (tertiary/aromatic N) is 1. The third-order valence-corrected chi connectivity index (χ3v) is 6.22. The molecule has 0 heterocycles. The number of hydrogen-bond acceptors (Lipinski definition) is 3. The molecule has 25 heavy (non-hydrogen) atoms. The van der Waals surface area contributed by atoms with Crippen molar-refractivity contribution in [2.45, 2.75) is 37.5 Å². The molecule has 0 atom stereocenters. The number of hydrogen-bond donors (Lipinski definition) is 0. The van der Waals surface area contributed by atoms with Crippen molar-refractivity contribution < 1.29 is 0 Å². The maximum Gasteiger partial charge on any atom is 0.0544 e. The van der Waals surface area contributed by atoms with E-state index in [4.69, 9.17) is 0 Å². The number of unbranched alkanes of at least 4 members (excludes halogenated alkanes) is 1. The summed E-state index contributed by atoms with van der Waals surface area (Å²) in [7, 11) is 2.11. The monoisotopic (exact) mass is 371 g/mol. The molecule has 3 heteroatoms. The summed E-state index contributed by atoms with van der Waals surface area (Å²) in [5.41, 5.74) is 5.20. The molecule has 0 aliphatic rings. The van der Waals surface area contributed by atoms with Gasteiger partial charge >= 0.3 is 0 Å². The van der Waals surface area contributed by atoms with E-state index in [2.05, 4.69) is 79.6 Å². The van der Waals surface area contributed by atoms with Crippen molar-refractivity contribution in [1.29, 1.82) is 0 Å². The normalized spacial score (nSPS) is 10.7. The minimum Gasteiger partial charge on any atom is -0.319 e. The molecule has 0 saturated heterocycles. The predicted molar refractivity (Wildman–Crippen MR) is 118 cm³/mol. The predicted octanol–water partition coefficient (Wildman–Crippen LogP) is 7.30. The number of thioether (sulfide) groups is 1. The minimum atomic E-state index is 1.11. The van der Waals surface area contributed by atoms with E-state index in [1.54, 1.807) is 11.9 Å². The maximum atomic E-state index is 4.08. The van der Waals surface area contributed by atoms with Gasteiger partial charge in [0.1, 0.15) is 0 Å². The molecule has 1 nitrogen and oxygen atoms in total. The lowest BCUT2D eigenvalue weighted by atomic mass is 10.0. The van der Waals surface area contributed by atoms with Gasteiger partial charge in [0.25, 0.3) is 0 Å². The van der Waals surface area contributed by atoms with Crippen molar-refractivity contribution in [2.24, 2.45) is 0 Å². The van der Waals surface area contributed by atoms with Crippen LogP contribution < -0.4 is 4.31 Å². The van der Waals surface area contributed by atoms with E-state index in [9.17, 15) is 0 Å². The lowest BCUT2D eigenvalue weighted by Crippen LogP contribution is -2.06. The molecule has 0 aliphatic carbocycles. The second kappa shape index (κ2) is 10.6. The van der Waals surface area contributed by atoms with Crippen LogP contribution in [0.15, 0.2) is 65.6 Å². The van der Waals surface area contributed by atoms with Gasteiger partial charge in [0.2, 0.25) is 0 Å². The smallest absolute Gasteiger partial charge is 0.0544 e. The van der Waals surface area contributed by atoms with Crippen LogP contribution in [0, 0.1) is 0 Å². The summed E-state index contributed by atoms with van der Waals surface area (Å²) >= 11 is 3.69. The maximum absolute atomic E-state index is 4.08. The van der Waals surface area contributed by atoms with Gasteiger partial charge in [-0.2, -0.15) is 0 Å². The van der Waals surface area contributed by atoms with Crippen LogP contribution in [0.5, 0.6) is 0 Å². The van der Waals surface area contributed by atoms with E-state index < -0.39 is 0 Å². The highest BCUT2D eigenvalue weighted by atomic mass is 32.2. The van der Waals surface area contributed by atoms with Gasteiger partial charge in [0.15, 0.2) is 0 Å². The molecule has 0 unspecified atom stereocenters. The van der Waals surface area contributed by atoms with Gasteiger partial charge in [-0.15, -0.1) is 11.8 Å². The topological polar surface area (TPSA) is 3.24 Å². The highest BCUT2D eigenvalue weighted by Crippen LogP contribution is 2.33. The summed E-state index contributed by atoms with van der Waals surface area (Å²) in [4.78, 5) is 1.36. The summed E-state index contributed by atoms with van der Waals surface area (Å²) in [6, 6.07) is 17.6. The van der Waals surface area contributed by atoms with Gasteiger partial charge in [-0.3, -0.25) is 0 Å². The van der Waals surface area contributed by atoms with E-state index in [0.717, 1.165) is 6.42 Å². The SMILES string of the molecule is C=C(CC)CCCCSc1ccc(-c2ccccc2N(C)SC)cc1. The van der Waals surface area contributed by atoms with E-state index in [-0.39, 0.29) is 0 Å². The standard InChI is InChI=1S/C22H29NS2/c1-5-18(2)10-8-9-17-25-20-15-13-19(14-16-20)21-11-6-7-12-22(21)23(3)24-4/h6-7,11-16H,2,5,8-10,17H2,1,3-4H3. The summed E-state index contributed by atoms with van der Waals surface area (Å²) in [5, 5.41) is 0. The van der Waals surface area contributed by atoms with Crippen molar-refractivity contribution in [3.05, 3.63) is 60.7 Å². The quantitative estimate of drug-likeness (QED) is 0.187. The van der Waals surface area contributed by atoms with Crippen LogP contribution in [0.1, 0.15) is 32.6 Å². The van der Waals surface area contributed by atoms with Crippen LogP contribution in [-0.4, -0.2) is 19.1 Å². The third kappa shape index (κ3) is 6.16. The van der Waals surface area contributed by atoms with Crippen LogP contribution in [0.25, 0.3) is 11.1 Å². The van der Waals surface area contributed by atoms with Gasteiger partial charge in [0.05, 0.1) is 5.69 Å². The van der Waals surface area contributed by atoms with Gasteiger partial charge in [-0.1, -0.05) is 61.4 Å². The largest absolute Gasteiger partial charge is 0.319 e. The first-order chi connectivity index (χ1) is 12.2. The number of para-hydroxylation sites is 1. The third-order valence-electron chi connectivity index (χ3n) is 4.38. The first-order valence-corrected chi connectivity index (χ1v) is 11.1. The van der Waals surface area contributed by atoms with Gasteiger partial charge < -0.3 is 4.31 Å². The Morgan fingerprint density at radius 1 is 1.04 bits per heavy atom. The zero-order valence-electron chi connectivity index (χ0n) is 15.6. The molecule has 0 aromatic heterocycles. The molecule has 0 aliphatic heterocycles. The summed E-state index contributed by atoms with van der Waals surface area (Å²) < 4.78 is 2.21. The van der Waals surface area contributed by atoms with E-state index in [1.807, 2.05) is 11.8 Å². The Morgan fingerprint density at radius 3 is 2.44 bits per heavy atom. The molecule has 0 amide bonds. The summed E-state index contributed by atoms with van der Waals surface area (Å²) in [6.45, 7) is 6.27. The Morgan fingerprint density at radius 2 is 1.76 bits per heavy atom. The highest BCUT2D eigenvalue weighted by molar-refractivity contribution is 8.00. The highest BCUT2D eigenvalue weighted by Gasteiger charge is 2.08. The lowest BCUT2D eigenvalue weighted by Gasteiger charge is -2.19. The Kier molecular flexibility index (Phi) is 8.50. The van der Waals surface area contributed by atoms with Crippen molar-refractivity contribution in [2.75, 3.05) is 23.4 Å². The first-order valence-electron chi connectivity index (χ1n) is 8.92. The summed E-state index contributed by atoms with van der Waals surface area (Å²) in [6.07, 6.45) is 6.91. The molecule has 0 saturated carbocycles. The minimum absolute atomic E-state index is 1.11. The average molecular weight is 372 g/mol. The van der Waals surface area contributed by atoms with E-state index in [1.165, 1.54) is 52.3 Å². The molecule has 134 valence electrons. The molecule has 0 radical (unpaired) electrons. The zero-order valence-corrected chi connectivity index (χ0v) is 17.3. The molecule has 2 rings (SSSR count). The Bertz CT molecular complexity index is 664. The fourth-order valence-corrected chi connectivity index (χ4v) is 3.93. The van der Waals surface area contributed by atoms with Gasteiger partial charge in [0, 0.05) is 23.8 Å². The van der Waals surface area contributed by atoms with Gasteiger partial charge in [-0.05, 0) is 55.2 Å². The molecule has 0 N–H and O–H groups in total. The molecule has 0 fully saturated rings. The van der Waals surface area contributed by atoms with Crippen molar-refractivity contribution in [3.8, 4) is 11.1 Å². The number of allylic oxidation sites excluding steroid dienone is 1. The Hall–Kier alpha value is -1.32. The number of benzene rings is 2. The first kappa shape index (κ1) is 20.0. The molecule has 2 aromatic carbocycles.